The fraction of sp³-hybridized carbons (Fsp3) is 0.714. The molecule has 1 saturated heterocycles. The third-order valence-corrected chi connectivity index (χ3v) is 4.56. The van der Waals surface area contributed by atoms with Crippen LogP contribution < -0.4 is 4.74 Å². The van der Waals surface area contributed by atoms with Crippen molar-refractivity contribution in [2.75, 3.05) is 26.4 Å². The van der Waals surface area contributed by atoms with Crippen LogP contribution in [-0.2, 0) is 9.47 Å². The van der Waals surface area contributed by atoms with Crippen LogP contribution in [0.3, 0.4) is 0 Å². The van der Waals surface area contributed by atoms with E-state index in [1.165, 1.54) is 55.4 Å². The van der Waals surface area contributed by atoms with E-state index in [0.29, 0.717) is 6.10 Å². The Balaban J connectivity index is 0.000000175. The third kappa shape index (κ3) is 6.45. The van der Waals surface area contributed by atoms with Gasteiger partial charge in [0.1, 0.15) is 5.75 Å². The topological polar surface area (TPSA) is 27.7 Å². The maximum atomic E-state index is 5.56. The fourth-order valence-electron chi connectivity index (χ4n) is 2.88. The molecule has 1 fully saturated rings. The smallest absolute Gasteiger partial charge is 0.127 e. The van der Waals surface area contributed by atoms with E-state index >= 15 is 0 Å². The molecule has 3 aliphatic rings. The second-order valence-electron chi connectivity index (χ2n) is 6.68. The van der Waals surface area contributed by atoms with E-state index in [4.69, 9.17) is 14.2 Å². The van der Waals surface area contributed by atoms with Gasteiger partial charge in [0.05, 0.1) is 32.5 Å². The third-order valence-electron chi connectivity index (χ3n) is 4.56. The molecule has 0 spiro atoms. The Morgan fingerprint density at radius 3 is 2.42 bits per heavy atom. The van der Waals surface area contributed by atoms with Gasteiger partial charge in [0.25, 0.3) is 0 Å². The van der Waals surface area contributed by atoms with Gasteiger partial charge in [-0.2, -0.15) is 0 Å². The van der Waals surface area contributed by atoms with E-state index < -0.39 is 0 Å². The number of ether oxygens (including phenoxy) is 3. The second-order valence-corrected chi connectivity index (χ2v) is 6.68. The van der Waals surface area contributed by atoms with Crippen molar-refractivity contribution < 1.29 is 14.2 Å². The summed E-state index contributed by atoms with van der Waals surface area (Å²) in [6.07, 6.45) is 10.7. The molecule has 0 bridgehead atoms. The second kappa shape index (κ2) is 11.5. The van der Waals surface area contributed by atoms with Gasteiger partial charge in [-0.05, 0) is 24.1 Å². The van der Waals surface area contributed by atoms with Gasteiger partial charge in [0.2, 0.25) is 0 Å². The standard InChI is InChI=1S/C11H22O2.C10H12O/c1-2-3-4-5-6-7-11-10-12-8-9-13-11;1-2-3-6-11-10-7-8-4-5-9(8)10/h11H,2-10H2,1H3;4-5,7H,2-3,6H2,1H3. The molecule has 1 heterocycles. The summed E-state index contributed by atoms with van der Waals surface area (Å²) in [4.78, 5) is 0. The van der Waals surface area contributed by atoms with Gasteiger partial charge in [0, 0.05) is 5.22 Å². The zero-order valence-corrected chi connectivity index (χ0v) is 15.5. The highest BCUT2D eigenvalue weighted by Crippen LogP contribution is 2.23. The van der Waals surface area contributed by atoms with Crippen LogP contribution in [0, 0.1) is 10.4 Å². The molecule has 136 valence electrons. The number of benzene rings is 1. The molecule has 1 atom stereocenters. The van der Waals surface area contributed by atoms with Gasteiger partial charge in [-0.1, -0.05) is 64.5 Å². The van der Waals surface area contributed by atoms with E-state index in [0.717, 1.165) is 38.6 Å². The van der Waals surface area contributed by atoms with Gasteiger partial charge in [-0.15, -0.1) is 0 Å². The van der Waals surface area contributed by atoms with Crippen LogP contribution in [0.5, 0.6) is 5.75 Å². The minimum absolute atomic E-state index is 0.385. The molecule has 1 unspecified atom stereocenters. The Kier molecular flexibility index (Phi) is 9.22. The highest BCUT2D eigenvalue weighted by molar-refractivity contribution is 5.38. The predicted molar refractivity (Wildman–Crippen MR) is 98.5 cm³/mol. The van der Waals surface area contributed by atoms with Gasteiger partial charge in [-0.25, -0.2) is 0 Å². The Bertz CT molecular complexity index is 535. The molecule has 3 rings (SSSR count). The van der Waals surface area contributed by atoms with Gasteiger partial charge in [-0.3, -0.25) is 0 Å². The average molecular weight is 334 g/mol. The van der Waals surface area contributed by atoms with Crippen molar-refractivity contribution in [1.29, 1.82) is 0 Å². The van der Waals surface area contributed by atoms with Gasteiger partial charge >= 0.3 is 0 Å². The quantitative estimate of drug-likeness (QED) is 0.557. The van der Waals surface area contributed by atoms with E-state index in [1.807, 2.05) is 0 Å². The summed E-state index contributed by atoms with van der Waals surface area (Å²) < 4.78 is 16.4. The molecule has 0 saturated carbocycles. The lowest BCUT2D eigenvalue weighted by atomic mass is 10.1. The Morgan fingerprint density at radius 2 is 1.83 bits per heavy atom. The van der Waals surface area contributed by atoms with Gasteiger partial charge < -0.3 is 14.2 Å². The van der Waals surface area contributed by atoms with Crippen molar-refractivity contribution in [3.05, 3.63) is 28.6 Å². The molecule has 0 aromatic rings. The van der Waals surface area contributed by atoms with Gasteiger partial charge in [0.15, 0.2) is 0 Å². The van der Waals surface area contributed by atoms with Crippen molar-refractivity contribution in [2.24, 2.45) is 0 Å². The first-order valence-electron chi connectivity index (χ1n) is 9.81. The number of hydrogen-bond acceptors (Lipinski definition) is 3. The van der Waals surface area contributed by atoms with E-state index in [9.17, 15) is 0 Å². The highest BCUT2D eigenvalue weighted by atomic mass is 16.6. The summed E-state index contributed by atoms with van der Waals surface area (Å²) in [5, 5.41) is 2.68. The average Bonchev–Trinajstić information content (AvgIpc) is 2.60. The molecule has 2 aliphatic carbocycles. The minimum atomic E-state index is 0.385. The number of hydrogen-bond donors (Lipinski definition) is 0. The van der Waals surface area contributed by atoms with Crippen LogP contribution in [0.1, 0.15) is 65.2 Å². The van der Waals surface area contributed by atoms with E-state index in [1.54, 1.807) is 0 Å². The van der Waals surface area contributed by atoms with Crippen LogP contribution >= 0.6 is 0 Å². The van der Waals surface area contributed by atoms with Crippen LogP contribution in [0.15, 0.2) is 18.2 Å². The van der Waals surface area contributed by atoms with Crippen molar-refractivity contribution >= 4 is 0 Å². The lowest BCUT2D eigenvalue weighted by molar-refractivity contribution is -0.0912. The molecule has 3 nitrogen and oxygen atoms in total. The van der Waals surface area contributed by atoms with Crippen LogP contribution in [0.25, 0.3) is 0 Å². The first-order valence-corrected chi connectivity index (χ1v) is 9.81. The van der Waals surface area contributed by atoms with Crippen molar-refractivity contribution in [1.82, 2.24) is 0 Å². The summed E-state index contributed by atoms with van der Waals surface area (Å²) in [6, 6.07) is 6.32. The molecular formula is C21H34O3. The first kappa shape index (κ1) is 19.3. The van der Waals surface area contributed by atoms with Crippen LogP contribution in [0.4, 0.5) is 0 Å². The van der Waals surface area contributed by atoms with Crippen LogP contribution in [-0.4, -0.2) is 32.5 Å². The summed E-state index contributed by atoms with van der Waals surface area (Å²) >= 11 is 0. The molecule has 0 N–H and O–H groups in total. The van der Waals surface area contributed by atoms with E-state index in [-0.39, 0.29) is 0 Å². The molecule has 3 heteroatoms. The maximum Gasteiger partial charge on any atom is 0.127 e. The Labute approximate surface area is 147 Å². The van der Waals surface area contributed by atoms with E-state index in [2.05, 4.69) is 32.0 Å². The normalized spacial score (nSPS) is 17.8. The lowest BCUT2D eigenvalue weighted by Gasteiger charge is -2.22. The Hall–Kier alpha value is -1.06. The zero-order valence-electron chi connectivity index (χ0n) is 15.5. The molecule has 0 amide bonds. The highest BCUT2D eigenvalue weighted by Gasteiger charge is 2.12. The Morgan fingerprint density at radius 1 is 1.00 bits per heavy atom. The fourth-order valence-corrected chi connectivity index (χ4v) is 2.88. The van der Waals surface area contributed by atoms with Crippen LogP contribution in [0.2, 0.25) is 0 Å². The zero-order chi connectivity index (χ0) is 17.0. The summed E-state index contributed by atoms with van der Waals surface area (Å²) in [7, 11) is 0. The number of rotatable bonds is 10. The molecule has 24 heavy (non-hydrogen) atoms. The molecule has 1 aliphatic heterocycles. The lowest BCUT2D eigenvalue weighted by Crippen LogP contribution is -2.28. The summed E-state index contributed by atoms with van der Waals surface area (Å²) in [5.74, 6) is 1.09. The SMILES string of the molecule is CCCCCCCC1COCCO1.CCCCOc1cc2ccc1=2. The number of unbranched alkanes of at least 4 members (excludes halogenated alkanes) is 5. The van der Waals surface area contributed by atoms with Crippen molar-refractivity contribution in [3.63, 3.8) is 0 Å². The van der Waals surface area contributed by atoms with Crippen molar-refractivity contribution in [3.8, 4) is 5.75 Å². The monoisotopic (exact) mass is 334 g/mol. The molecule has 0 aromatic carbocycles. The minimum Gasteiger partial charge on any atom is -0.493 e. The summed E-state index contributed by atoms with van der Waals surface area (Å²) in [5.41, 5.74) is 0. The summed E-state index contributed by atoms with van der Waals surface area (Å²) in [6.45, 7) is 7.68. The van der Waals surface area contributed by atoms with Crippen molar-refractivity contribution in [2.45, 2.75) is 71.3 Å². The molecular weight excluding hydrogens is 300 g/mol. The largest absolute Gasteiger partial charge is 0.493 e. The molecule has 0 aromatic heterocycles. The first-order chi connectivity index (χ1) is 11.8. The molecule has 0 radical (unpaired) electrons. The predicted octanol–water partition coefficient (Wildman–Crippen LogP) is 5.23. The maximum absolute atomic E-state index is 5.56.